The molecule has 0 unspecified atom stereocenters. The first-order chi connectivity index (χ1) is 47.1. The maximum absolute atomic E-state index is 15.0. The third-order valence-electron chi connectivity index (χ3n) is 16.1. The molecule has 1 aliphatic heterocycles. The van der Waals surface area contributed by atoms with Crippen LogP contribution in [0.5, 0.6) is 0 Å². The molecule has 4 aromatic rings. The molecule has 1 saturated heterocycles. The number of fused-ring (bicyclic) bond motifs is 1. The summed E-state index contributed by atoms with van der Waals surface area (Å²) in [5.74, 6) is -14.0. The number of primary amides is 1. The molecule has 4 heterocycles. The van der Waals surface area contributed by atoms with E-state index in [4.69, 9.17) is 22.9 Å². The van der Waals surface area contributed by atoms with Crippen molar-refractivity contribution < 1.29 is 82.8 Å². The Kier molecular flexibility index (Phi) is 30.4. The van der Waals surface area contributed by atoms with Gasteiger partial charge in [-0.2, -0.15) is 0 Å². The number of amides is 12. The van der Waals surface area contributed by atoms with Crippen molar-refractivity contribution in [2.45, 2.75) is 197 Å². The fourth-order valence-corrected chi connectivity index (χ4v) is 10.8. The zero-order chi connectivity index (χ0) is 74.2. The molecule has 0 aliphatic carbocycles. The standard InChI is InChI=1S/C62H93N21O17/c1-28(2)18-40(75-51(90)29(3)63)53(92)73-30(4)52(91)76-44(22-46(87)88)57(96)81-49(33(7)86)60(99)82-48(32(6)85)59(98)79-43(21-36-25-68-27-72-36)55(94)77-42(20-35-24-67-26-71-35)54(93)74-39(14-10-16-69-62(65)66)61(100)83-17-11-15-45(83)58(97)78-41(56(95)80-47(31(5)84)50(64)89)19-34-23-70-38-13-9-8-12-37(34)38/h8-9,12-13,23-33,39-45,47-49,70,84-86H,10-11,14-22,63H2,1-7H3,(H2,64,89)(H,67,71)(H,68,72)(H,73,92)(H,74,93)(H,75,90)(H,76,91)(H,77,94)(H,78,97)(H,79,98)(H,80,95)(H,81,96)(H,82,99)(H,87,88)(H4,65,66,69)/t29-,30-,31+,32+,33+,39-,40-,41-,42-,43-,44-,45-,47-,48-,49-/m0/s1. The summed E-state index contributed by atoms with van der Waals surface area (Å²) in [6.45, 7) is 9.46. The minimum Gasteiger partial charge on any atom is -0.481 e. The summed E-state index contributed by atoms with van der Waals surface area (Å²) >= 11 is 0. The number of aliphatic carboxylic acids is 1. The number of nitrogens with zero attached hydrogens (tertiary/aromatic N) is 4. The van der Waals surface area contributed by atoms with Gasteiger partial charge in [-0.1, -0.05) is 32.0 Å². The third kappa shape index (κ3) is 24.1. The summed E-state index contributed by atoms with van der Waals surface area (Å²) in [4.78, 5) is 201. The number of nitrogens with two attached hydrogens (primary N) is 4. The van der Waals surface area contributed by atoms with E-state index in [1.165, 1.54) is 50.7 Å². The van der Waals surface area contributed by atoms with Crippen molar-refractivity contribution >= 4 is 93.7 Å². The van der Waals surface area contributed by atoms with E-state index < -0.39 is 181 Å². The second kappa shape index (κ2) is 37.9. The van der Waals surface area contributed by atoms with Gasteiger partial charge in [-0.15, -0.1) is 0 Å². The van der Waals surface area contributed by atoms with Crippen molar-refractivity contribution in [3.8, 4) is 0 Å². The Bertz CT molecular complexity index is 3520. The lowest BCUT2D eigenvalue weighted by Crippen LogP contribution is -2.63. The van der Waals surface area contributed by atoms with Gasteiger partial charge in [0.1, 0.15) is 66.5 Å². The number of aliphatic hydroxyl groups excluding tert-OH is 3. The van der Waals surface area contributed by atoms with Crippen LogP contribution in [0, 0.1) is 5.92 Å². The number of carbonyl (C=O) groups is 13. The smallest absolute Gasteiger partial charge is 0.305 e. The van der Waals surface area contributed by atoms with Crippen molar-refractivity contribution in [1.29, 1.82) is 0 Å². The molecule has 1 fully saturated rings. The van der Waals surface area contributed by atoms with E-state index in [1.807, 2.05) is 0 Å². The Balaban J connectivity index is 1.37. The Morgan fingerprint density at radius 1 is 0.580 bits per heavy atom. The number of guanidine groups is 1. The average molecular weight is 1400 g/mol. The van der Waals surface area contributed by atoms with Gasteiger partial charge in [-0.3, -0.25) is 67.3 Å². The Morgan fingerprint density at radius 2 is 1.07 bits per heavy atom. The highest BCUT2D eigenvalue weighted by atomic mass is 16.4. The van der Waals surface area contributed by atoms with Crippen LogP contribution in [-0.2, 0) is 81.6 Å². The molecule has 3 aromatic heterocycles. The largest absolute Gasteiger partial charge is 0.481 e. The first-order valence-electron chi connectivity index (χ1n) is 32.4. The summed E-state index contributed by atoms with van der Waals surface area (Å²) in [6, 6.07) is -11.4. The molecule has 1 aliphatic rings. The molecule has 0 bridgehead atoms. The minimum atomic E-state index is -2.04. The number of benzene rings is 1. The number of aromatic amines is 3. The van der Waals surface area contributed by atoms with Crippen molar-refractivity contribution in [3.63, 3.8) is 0 Å². The fraction of sp³-hybridized carbons (Fsp3) is 0.548. The zero-order valence-electron chi connectivity index (χ0n) is 56.4. The van der Waals surface area contributed by atoms with E-state index in [2.05, 4.69) is 83.1 Å². The van der Waals surface area contributed by atoms with E-state index in [0.29, 0.717) is 10.9 Å². The van der Waals surface area contributed by atoms with Crippen LogP contribution in [-0.4, -0.2) is 237 Å². The van der Waals surface area contributed by atoms with Gasteiger partial charge in [0.25, 0.3) is 0 Å². The van der Waals surface area contributed by atoms with Gasteiger partial charge in [0.05, 0.1) is 43.4 Å². The second-order valence-electron chi connectivity index (χ2n) is 25.0. The first-order valence-corrected chi connectivity index (χ1v) is 32.4. The number of likely N-dealkylation sites (tertiary alicyclic amines) is 1. The number of carboxylic acids is 1. The maximum Gasteiger partial charge on any atom is 0.305 e. The van der Waals surface area contributed by atoms with Gasteiger partial charge in [-0.25, -0.2) is 9.97 Å². The Hall–Kier alpha value is -10.6. The second-order valence-corrected chi connectivity index (χ2v) is 25.0. The summed E-state index contributed by atoms with van der Waals surface area (Å²) < 4.78 is 0. The number of H-pyrrole nitrogens is 3. The predicted octanol–water partition coefficient (Wildman–Crippen LogP) is -6.95. The number of carboxylic acid groups (broad SMARTS) is 1. The number of carbonyl (C=O) groups excluding carboxylic acids is 12. The molecular weight excluding hydrogens is 1310 g/mol. The van der Waals surface area contributed by atoms with Crippen molar-refractivity contribution in [2.75, 3.05) is 13.1 Å². The first kappa shape index (κ1) is 80.1. The predicted molar refractivity (Wildman–Crippen MR) is 356 cm³/mol. The highest BCUT2D eigenvalue weighted by Crippen LogP contribution is 2.23. The van der Waals surface area contributed by atoms with Gasteiger partial charge < -0.3 is 116 Å². The number of hydrogen-bond acceptors (Lipinski definition) is 20. The molecule has 548 valence electrons. The third-order valence-corrected chi connectivity index (χ3v) is 16.1. The number of para-hydroxylation sites is 1. The molecule has 38 heteroatoms. The molecule has 1 aromatic carbocycles. The van der Waals surface area contributed by atoms with Gasteiger partial charge in [0.2, 0.25) is 70.9 Å². The van der Waals surface area contributed by atoms with Crippen molar-refractivity contribution in [2.24, 2.45) is 33.8 Å². The summed E-state index contributed by atoms with van der Waals surface area (Å²) in [6.07, 6.45) is 0.234. The van der Waals surface area contributed by atoms with Gasteiger partial charge >= 0.3 is 5.97 Å². The van der Waals surface area contributed by atoms with E-state index in [0.717, 1.165) is 19.4 Å². The summed E-state index contributed by atoms with van der Waals surface area (Å²) in [5, 5.41) is 67.0. The molecule has 0 spiro atoms. The van der Waals surface area contributed by atoms with Crippen LogP contribution in [0.1, 0.15) is 104 Å². The van der Waals surface area contributed by atoms with E-state index >= 15 is 0 Å². The van der Waals surface area contributed by atoms with Gasteiger partial charge in [0.15, 0.2) is 5.96 Å². The van der Waals surface area contributed by atoms with Crippen LogP contribution < -0.4 is 76.1 Å². The number of rotatable bonds is 39. The highest BCUT2D eigenvalue weighted by Gasteiger charge is 2.42. The molecule has 12 amide bonds. The maximum atomic E-state index is 15.0. The minimum absolute atomic E-state index is 0.00986. The molecule has 0 radical (unpaired) electrons. The van der Waals surface area contributed by atoms with E-state index in [1.54, 1.807) is 44.3 Å². The SMILES string of the molecule is CC(C)C[C@H](NC(=O)[C@H](C)N)C(=O)N[C@@H](C)C(=O)N[C@@H](CC(=O)O)C(=O)N[C@H](C(=O)N[C@H](C(=O)N[C@@H](Cc1cnc[nH]1)C(=O)N[C@@H](Cc1cnc[nH]1)C(=O)N[C@@H](CCCN=C(N)N)C(=O)N1CCC[C@H]1C(=O)N[C@@H](Cc1c[nH]c2ccccc12)C(=O)N[C@H](C(N)=O)[C@@H](C)O)[C@@H](C)O)[C@@H](C)O. The van der Waals surface area contributed by atoms with E-state index in [-0.39, 0.29) is 81.3 Å². The number of imidazole rings is 2. The Morgan fingerprint density at radius 3 is 1.60 bits per heavy atom. The van der Waals surface area contributed by atoms with Crippen LogP contribution in [0.15, 0.2) is 60.5 Å². The number of nitrogens with one attached hydrogen (secondary N) is 13. The molecule has 5 rings (SSSR count). The van der Waals surface area contributed by atoms with Crippen LogP contribution in [0.3, 0.4) is 0 Å². The topological polar surface area (TPSA) is 616 Å². The van der Waals surface area contributed by atoms with Gasteiger partial charge in [-0.05, 0) is 84.3 Å². The Labute approximate surface area is 574 Å². The highest BCUT2D eigenvalue weighted by molar-refractivity contribution is 6.00. The van der Waals surface area contributed by atoms with Crippen LogP contribution in [0.25, 0.3) is 10.9 Å². The fourth-order valence-electron chi connectivity index (χ4n) is 10.8. The average Bonchev–Trinajstić information content (AvgIpc) is 1.61. The van der Waals surface area contributed by atoms with Crippen molar-refractivity contribution in [1.82, 2.24) is 83.0 Å². The van der Waals surface area contributed by atoms with Crippen LogP contribution in [0.4, 0.5) is 0 Å². The summed E-state index contributed by atoms with van der Waals surface area (Å²) in [7, 11) is 0. The van der Waals surface area contributed by atoms with Crippen molar-refractivity contribution in [3.05, 3.63) is 72.5 Å². The van der Waals surface area contributed by atoms with E-state index in [9.17, 15) is 82.8 Å². The molecule has 100 heavy (non-hydrogen) atoms. The molecule has 25 N–H and O–H groups in total. The lowest BCUT2D eigenvalue weighted by Gasteiger charge is -2.31. The molecular formula is C62H93N21O17. The quantitative estimate of drug-likeness (QED) is 0.0112. The number of aromatic nitrogens is 5. The summed E-state index contributed by atoms with van der Waals surface area (Å²) in [5.41, 5.74) is 24.2. The normalized spacial score (nSPS) is 17.0. The number of aliphatic imine (C=N–C) groups is 1. The molecule has 0 saturated carbocycles. The zero-order valence-corrected chi connectivity index (χ0v) is 56.4. The molecule has 15 atom stereocenters. The lowest BCUT2D eigenvalue weighted by atomic mass is 10.0. The van der Waals surface area contributed by atoms with Crippen LogP contribution in [0.2, 0.25) is 0 Å². The monoisotopic (exact) mass is 1400 g/mol. The number of aliphatic hydroxyl groups is 3. The van der Waals surface area contributed by atoms with Gasteiger partial charge in [0, 0.05) is 73.2 Å². The van der Waals surface area contributed by atoms with Crippen LogP contribution >= 0.6 is 0 Å². The lowest BCUT2D eigenvalue weighted by molar-refractivity contribution is -0.142. The number of hydrogen-bond donors (Lipinski definition) is 21. The molecule has 38 nitrogen and oxygen atoms in total.